The molecule has 2 unspecified atom stereocenters. The standard InChI is InChI=1S/C23H24ClN3O2/c1-2-26-13-7-8-16(26)14-25-15-19-17-9-3-4-10-18(17)22(28)27(23(19)29)21-12-6-5-11-20(21)24/h3-6,9-12,15-16,19H,2,7-8,13-14H2,1H3/p+1/t16-,19?/m0/s1. The van der Waals surface area contributed by atoms with E-state index in [0.29, 0.717) is 34.4 Å². The largest absolute Gasteiger partial charge is 0.331 e. The Morgan fingerprint density at radius 2 is 1.93 bits per heavy atom. The molecular formula is C23H25ClN3O2+. The fourth-order valence-electron chi connectivity index (χ4n) is 4.42. The predicted molar refractivity (Wildman–Crippen MR) is 115 cm³/mol. The number of rotatable bonds is 5. The number of carbonyl (C=O) groups excluding carboxylic acids is 2. The molecule has 2 aliphatic heterocycles. The third kappa shape index (κ3) is 3.72. The number of halogens is 1. The van der Waals surface area contributed by atoms with Gasteiger partial charge in [-0.15, -0.1) is 0 Å². The highest BCUT2D eigenvalue weighted by Crippen LogP contribution is 2.35. The SMILES string of the molecule is CC[NH+]1CCC[C@H]1CN=CC1C(=O)N(c2ccccc2Cl)C(=O)c2ccccc21. The number of fused-ring (bicyclic) bond motifs is 1. The number of hydrogen-bond acceptors (Lipinski definition) is 3. The van der Waals surface area contributed by atoms with Crippen molar-refractivity contribution in [2.75, 3.05) is 24.5 Å². The number of likely N-dealkylation sites (N-methyl/N-ethyl adjacent to an activating group) is 1. The van der Waals surface area contributed by atoms with Gasteiger partial charge in [-0.05, 0) is 30.7 Å². The lowest BCUT2D eigenvalue weighted by Gasteiger charge is -2.31. The maximum atomic E-state index is 13.3. The summed E-state index contributed by atoms with van der Waals surface area (Å²) in [6, 6.07) is 14.7. The number of amides is 2. The molecule has 2 amide bonds. The second-order valence-corrected chi connectivity index (χ2v) is 8.02. The summed E-state index contributed by atoms with van der Waals surface area (Å²) in [6.45, 7) is 5.19. The highest BCUT2D eigenvalue weighted by molar-refractivity contribution is 6.37. The van der Waals surface area contributed by atoms with Crippen LogP contribution >= 0.6 is 11.6 Å². The normalized spacial score (nSPS) is 24.3. The molecule has 5 nitrogen and oxygen atoms in total. The van der Waals surface area contributed by atoms with Crippen molar-refractivity contribution in [3.05, 3.63) is 64.7 Å². The molecule has 4 rings (SSSR count). The van der Waals surface area contributed by atoms with Crippen molar-refractivity contribution in [2.24, 2.45) is 4.99 Å². The number of benzene rings is 2. The monoisotopic (exact) mass is 410 g/mol. The molecule has 0 bridgehead atoms. The lowest BCUT2D eigenvalue weighted by atomic mass is 9.89. The van der Waals surface area contributed by atoms with E-state index in [1.807, 2.05) is 18.2 Å². The summed E-state index contributed by atoms with van der Waals surface area (Å²) in [5.74, 6) is -1.25. The Morgan fingerprint density at radius 1 is 1.17 bits per heavy atom. The zero-order valence-corrected chi connectivity index (χ0v) is 17.2. The van der Waals surface area contributed by atoms with Crippen LogP contribution in [0.4, 0.5) is 5.69 Å². The summed E-state index contributed by atoms with van der Waals surface area (Å²) in [7, 11) is 0. The van der Waals surface area contributed by atoms with Crippen molar-refractivity contribution in [1.82, 2.24) is 0 Å². The van der Waals surface area contributed by atoms with E-state index in [-0.39, 0.29) is 11.8 Å². The van der Waals surface area contributed by atoms with Gasteiger partial charge in [-0.1, -0.05) is 41.9 Å². The van der Waals surface area contributed by atoms with Crippen LogP contribution in [0.25, 0.3) is 0 Å². The van der Waals surface area contributed by atoms with Gasteiger partial charge in [0.25, 0.3) is 5.91 Å². The Morgan fingerprint density at radius 3 is 2.72 bits per heavy atom. The lowest BCUT2D eigenvalue weighted by Crippen LogP contribution is -3.13. The van der Waals surface area contributed by atoms with E-state index in [0.717, 1.165) is 6.54 Å². The van der Waals surface area contributed by atoms with E-state index in [4.69, 9.17) is 11.6 Å². The van der Waals surface area contributed by atoms with Gasteiger partial charge in [0.1, 0.15) is 6.04 Å². The molecule has 2 aliphatic rings. The highest BCUT2D eigenvalue weighted by atomic mass is 35.5. The molecule has 29 heavy (non-hydrogen) atoms. The molecule has 1 N–H and O–H groups in total. The summed E-state index contributed by atoms with van der Waals surface area (Å²) < 4.78 is 0. The second kappa shape index (κ2) is 8.47. The van der Waals surface area contributed by atoms with Crippen LogP contribution in [0, 0.1) is 0 Å². The van der Waals surface area contributed by atoms with E-state index >= 15 is 0 Å². The molecule has 2 aromatic rings. The van der Waals surface area contributed by atoms with E-state index in [1.165, 1.54) is 24.3 Å². The van der Waals surface area contributed by atoms with Crippen molar-refractivity contribution in [3.8, 4) is 0 Å². The Kier molecular flexibility index (Phi) is 5.79. The molecule has 0 aliphatic carbocycles. The van der Waals surface area contributed by atoms with Crippen molar-refractivity contribution in [2.45, 2.75) is 31.7 Å². The molecule has 0 spiro atoms. The van der Waals surface area contributed by atoms with Gasteiger partial charge < -0.3 is 4.90 Å². The van der Waals surface area contributed by atoms with Gasteiger partial charge in [-0.2, -0.15) is 0 Å². The minimum Gasteiger partial charge on any atom is -0.331 e. The number of para-hydroxylation sites is 1. The van der Waals surface area contributed by atoms with Crippen molar-refractivity contribution >= 4 is 35.3 Å². The molecule has 1 fully saturated rings. The van der Waals surface area contributed by atoms with E-state index in [2.05, 4.69) is 11.9 Å². The number of nitrogens with zero attached hydrogens (tertiary/aromatic N) is 2. The fraction of sp³-hybridized carbons (Fsp3) is 0.348. The summed E-state index contributed by atoms with van der Waals surface area (Å²) in [5, 5.41) is 0.373. The summed E-state index contributed by atoms with van der Waals surface area (Å²) in [4.78, 5) is 33.9. The topological polar surface area (TPSA) is 54.2 Å². The lowest BCUT2D eigenvalue weighted by molar-refractivity contribution is -0.908. The molecule has 3 atom stereocenters. The van der Waals surface area contributed by atoms with Crippen LogP contribution in [0.5, 0.6) is 0 Å². The third-order valence-corrected chi connectivity index (χ3v) is 6.29. The first kappa shape index (κ1) is 19.8. The first-order valence-electron chi connectivity index (χ1n) is 10.2. The van der Waals surface area contributed by atoms with Gasteiger partial charge in [-0.25, -0.2) is 4.90 Å². The average molecular weight is 411 g/mol. The van der Waals surface area contributed by atoms with Gasteiger partial charge in [0.05, 0.1) is 36.3 Å². The van der Waals surface area contributed by atoms with Crippen LogP contribution in [0.3, 0.4) is 0 Å². The van der Waals surface area contributed by atoms with Crippen LogP contribution in [0.1, 0.15) is 41.6 Å². The summed E-state index contributed by atoms with van der Waals surface area (Å²) in [6.07, 6.45) is 4.12. The zero-order chi connectivity index (χ0) is 20.4. The first-order valence-corrected chi connectivity index (χ1v) is 10.6. The van der Waals surface area contributed by atoms with Crippen molar-refractivity contribution in [1.29, 1.82) is 0 Å². The number of likely N-dealkylation sites (tertiary alicyclic amines) is 1. The van der Waals surface area contributed by atoms with Crippen LogP contribution < -0.4 is 9.80 Å². The number of aliphatic imine (C=N–C) groups is 1. The molecular weight excluding hydrogens is 386 g/mol. The number of carbonyl (C=O) groups is 2. The Bertz CT molecular complexity index is 959. The number of anilines is 1. The van der Waals surface area contributed by atoms with Gasteiger partial charge in [0, 0.05) is 24.6 Å². The Hall–Kier alpha value is -2.50. The molecule has 150 valence electrons. The van der Waals surface area contributed by atoms with E-state index in [9.17, 15) is 9.59 Å². The van der Waals surface area contributed by atoms with Crippen LogP contribution in [-0.2, 0) is 4.79 Å². The maximum absolute atomic E-state index is 13.3. The van der Waals surface area contributed by atoms with Crippen LogP contribution in [0.2, 0.25) is 5.02 Å². The molecule has 0 saturated carbocycles. The van der Waals surface area contributed by atoms with E-state index < -0.39 is 5.92 Å². The number of nitrogens with one attached hydrogen (secondary N) is 1. The number of quaternary nitrogens is 1. The van der Waals surface area contributed by atoms with Crippen LogP contribution in [-0.4, -0.2) is 43.7 Å². The zero-order valence-electron chi connectivity index (χ0n) is 16.5. The van der Waals surface area contributed by atoms with Gasteiger partial charge in [-0.3, -0.25) is 14.6 Å². The molecule has 1 saturated heterocycles. The molecule has 2 aromatic carbocycles. The molecule has 0 radical (unpaired) electrons. The second-order valence-electron chi connectivity index (χ2n) is 7.61. The smallest absolute Gasteiger partial charge is 0.265 e. The van der Waals surface area contributed by atoms with E-state index in [1.54, 1.807) is 41.4 Å². The minimum absolute atomic E-state index is 0.309. The van der Waals surface area contributed by atoms with Gasteiger partial charge >= 0.3 is 0 Å². The van der Waals surface area contributed by atoms with Crippen LogP contribution in [0.15, 0.2) is 53.5 Å². The quantitative estimate of drug-likeness (QED) is 0.608. The van der Waals surface area contributed by atoms with Gasteiger partial charge in [0.15, 0.2) is 0 Å². The number of imide groups is 1. The molecule has 6 heteroatoms. The minimum atomic E-state index is -0.591. The third-order valence-electron chi connectivity index (χ3n) is 5.97. The summed E-state index contributed by atoms with van der Waals surface area (Å²) >= 11 is 6.30. The Balaban J connectivity index is 1.66. The van der Waals surface area contributed by atoms with Gasteiger partial charge in [0.2, 0.25) is 5.91 Å². The fourth-order valence-corrected chi connectivity index (χ4v) is 4.64. The molecule has 0 aromatic heterocycles. The molecule has 2 heterocycles. The first-order chi connectivity index (χ1) is 14.1. The predicted octanol–water partition coefficient (Wildman–Crippen LogP) is 2.75. The van der Waals surface area contributed by atoms with Crippen molar-refractivity contribution in [3.63, 3.8) is 0 Å². The van der Waals surface area contributed by atoms with Crippen molar-refractivity contribution < 1.29 is 14.5 Å². The Labute approximate surface area is 176 Å². The summed E-state index contributed by atoms with van der Waals surface area (Å²) in [5.41, 5.74) is 1.64. The highest BCUT2D eigenvalue weighted by Gasteiger charge is 2.39. The maximum Gasteiger partial charge on any atom is 0.265 e. The number of hydrogen-bond donors (Lipinski definition) is 1. The average Bonchev–Trinajstić information content (AvgIpc) is 3.19.